The number of unbranched alkanes of at least 4 members (excludes halogenated alkanes) is 14. The molecule has 2 unspecified atom stereocenters. The van der Waals surface area contributed by atoms with Crippen LogP contribution in [0.4, 0.5) is 0 Å². The van der Waals surface area contributed by atoms with Crippen molar-refractivity contribution in [3.8, 4) is 0 Å². The fourth-order valence-electron chi connectivity index (χ4n) is 6.79. The molecule has 0 bridgehead atoms. The molecule has 0 saturated carbocycles. The standard InChI is InChI=1S/C46H86N8O15/c47-35-53-36(39(56)31-52-38(32-55)45(48)63)17-15-16-22-49-42(59)33-68-29-28-67-26-24-51-43(60)34-69-30-27-66-25-23-50-40(57)21-20-37(46(64)65)54-41(58)18-13-11-9-7-5-3-1-2-4-6-8-10-12-14-19-44(61)62/h36-38,52-53,55H,1-35,47H2,(H2,48,63)(H,49,59)(H,50,57)(H,51,60)(H,54,58)(H,61,62)(H,64,65)/t36?,37?,38-/m1/s1. The Balaban J connectivity index is 3.74. The van der Waals surface area contributed by atoms with Crippen LogP contribution >= 0.6 is 0 Å². The molecule has 0 aromatic rings. The lowest BCUT2D eigenvalue weighted by molar-refractivity contribution is -0.142. The first-order valence-corrected chi connectivity index (χ1v) is 24.7. The third kappa shape index (κ3) is 42.3. The summed E-state index contributed by atoms with van der Waals surface area (Å²) in [5.74, 6) is -4.27. The number of hydrogen-bond acceptors (Lipinski definition) is 16. The van der Waals surface area contributed by atoms with Crippen LogP contribution in [-0.2, 0) is 57.3 Å². The summed E-state index contributed by atoms with van der Waals surface area (Å²) < 4.78 is 21.4. The summed E-state index contributed by atoms with van der Waals surface area (Å²) in [6.45, 7) is 0.963. The number of hydrogen-bond donors (Lipinski definition) is 11. The minimum atomic E-state index is -1.19. The zero-order chi connectivity index (χ0) is 51.2. The molecule has 23 nitrogen and oxygen atoms in total. The van der Waals surface area contributed by atoms with Gasteiger partial charge in [-0.25, -0.2) is 4.79 Å². The molecule has 0 aromatic heterocycles. The van der Waals surface area contributed by atoms with E-state index in [0.717, 1.165) is 44.9 Å². The largest absolute Gasteiger partial charge is 0.481 e. The van der Waals surface area contributed by atoms with Gasteiger partial charge in [0.05, 0.1) is 58.8 Å². The molecule has 5 amide bonds. The number of rotatable bonds is 51. The summed E-state index contributed by atoms with van der Waals surface area (Å²) in [5, 5.41) is 43.4. The zero-order valence-corrected chi connectivity index (χ0v) is 40.9. The van der Waals surface area contributed by atoms with E-state index in [1.54, 1.807) is 0 Å². The van der Waals surface area contributed by atoms with Gasteiger partial charge in [-0.05, 0) is 38.5 Å². The number of ether oxygens (including phenoxy) is 4. The van der Waals surface area contributed by atoms with Crippen LogP contribution in [0, 0.1) is 0 Å². The maximum atomic E-state index is 12.4. The first-order chi connectivity index (χ1) is 33.3. The van der Waals surface area contributed by atoms with Gasteiger partial charge in [0.15, 0.2) is 5.78 Å². The van der Waals surface area contributed by atoms with E-state index in [1.165, 1.54) is 38.5 Å². The van der Waals surface area contributed by atoms with E-state index in [-0.39, 0.29) is 134 Å². The number of ketones is 1. The Morgan fingerprint density at radius 2 is 0.942 bits per heavy atom. The van der Waals surface area contributed by atoms with E-state index >= 15 is 0 Å². The van der Waals surface area contributed by atoms with Gasteiger partial charge in [0, 0.05) is 45.6 Å². The number of carboxylic acid groups (broad SMARTS) is 2. The number of aliphatic hydroxyl groups is 1. The number of carbonyl (C=O) groups excluding carboxylic acids is 6. The highest BCUT2D eigenvalue weighted by Gasteiger charge is 2.22. The van der Waals surface area contributed by atoms with Crippen LogP contribution in [0.5, 0.6) is 0 Å². The molecule has 0 fully saturated rings. The molecular formula is C46H86N8O15. The predicted octanol–water partition coefficient (Wildman–Crippen LogP) is 0.127. The third-order valence-electron chi connectivity index (χ3n) is 10.7. The van der Waals surface area contributed by atoms with Crippen LogP contribution in [0.1, 0.15) is 135 Å². The lowest BCUT2D eigenvalue weighted by Crippen LogP contribution is -2.50. The minimum absolute atomic E-state index is 0.0399. The molecule has 0 aromatic carbocycles. The van der Waals surface area contributed by atoms with Gasteiger partial charge in [-0.15, -0.1) is 0 Å². The molecule has 0 radical (unpaired) electrons. The molecule has 0 spiro atoms. The highest BCUT2D eigenvalue weighted by molar-refractivity contribution is 5.87. The number of aliphatic hydroxyl groups excluding tert-OH is 1. The molecule has 0 rings (SSSR count). The fourth-order valence-corrected chi connectivity index (χ4v) is 6.79. The Labute approximate surface area is 407 Å². The summed E-state index contributed by atoms with van der Waals surface area (Å²) >= 11 is 0. The second-order valence-electron chi connectivity index (χ2n) is 16.7. The number of aliphatic carboxylic acids is 2. The highest BCUT2D eigenvalue weighted by Crippen LogP contribution is 2.14. The van der Waals surface area contributed by atoms with E-state index in [2.05, 4.69) is 31.9 Å². The van der Waals surface area contributed by atoms with Gasteiger partial charge in [-0.3, -0.25) is 44.2 Å². The number of carboxylic acids is 2. The quantitative estimate of drug-likeness (QED) is 0.0285. The van der Waals surface area contributed by atoms with Gasteiger partial charge < -0.3 is 67.0 Å². The van der Waals surface area contributed by atoms with Gasteiger partial charge in [0.25, 0.3) is 0 Å². The number of nitrogens with two attached hydrogens (primary N) is 2. The van der Waals surface area contributed by atoms with Crippen molar-refractivity contribution in [1.82, 2.24) is 31.9 Å². The summed E-state index contributed by atoms with van der Waals surface area (Å²) in [4.78, 5) is 94.4. The second-order valence-corrected chi connectivity index (χ2v) is 16.7. The van der Waals surface area contributed by atoms with Crippen molar-refractivity contribution in [3.63, 3.8) is 0 Å². The Kier molecular flexibility index (Phi) is 43.1. The lowest BCUT2D eigenvalue weighted by Gasteiger charge is -2.18. The molecule has 0 saturated heterocycles. The molecular weight excluding hydrogens is 905 g/mol. The molecule has 3 atom stereocenters. The Morgan fingerprint density at radius 3 is 1.42 bits per heavy atom. The summed E-state index contributed by atoms with van der Waals surface area (Å²) in [6.07, 6.45) is 17.0. The maximum absolute atomic E-state index is 12.4. The van der Waals surface area contributed by atoms with Gasteiger partial charge in [0.2, 0.25) is 29.5 Å². The van der Waals surface area contributed by atoms with Crippen LogP contribution in [-0.4, -0.2) is 173 Å². The maximum Gasteiger partial charge on any atom is 0.326 e. The summed E-state index contributed by atoms with van der Waals surface area (Å²) in [5.41, 5.74) is 10.7. The van der Waals surface area contributed by atoms with Gasteiger partial charge >= 0.3 is 11.9 Å². The topological polar surface area (TPSA) is 358 Å². The minimum Gasteiger partial charge on any atom is -0.481 e. The molecule has 69 heavy (non-hydrogen) atoms. The summed E-state index contributed by atoms with van der Waals surface area (Å²) in [6, 6.07) is -2.73. The monoisotopic (exact) mass is 991 g/mol. The molecule has 0 aliphatic carbocycles. The normalized spacial score (nSPS) is 12.4. The Morgan fingerprint density at radius 1 is 0.464 bits per heavy atom. The molecule has 23 heteroatoms. The van der Waals surface area contributed by atoms with Crippen molar-refractivity contribution in [1.29, 1.82) is 0 Å². The fraction of sp³-hybridized carbons (Fsp3) is 0.826. The number of nitrogens with one attached hydrogen (secondary N) is 6. The van der Waals surface area contributed by atoms with Crippen molar-refractivity contribution in [2.24, 2.45) is 11.5 Å². The van der Waals surface area contributed by atoms with E-state index in [0.29, 0.717) is 32.2 Å². The van der Waals surface area contributed by atoms with Crippen LogP contribution in [0.3, 0.4) is 0 Å². The second kappa shape index (κ2) is 46.0. The number of primary amides is 1. The molecule has 0 aliphatic rings. The Hall–Kier alpha value is -4.36. The number of Topliss-reactive ketones (excluding diaryl/α,β-unsaturated/α-hetero) is 1. The van der Waals surface area contributed by atoms with E-state index in [9.17, 15) is 43.5 Å². The molecule has 0 aliphatic heterocycles. The van der Waals surface area contributed by atoms with Crippen LogP contribution < -0.4 is 43.4 Å². The van der Waals surface area contributed by atoms with Gasteiger partial charge in [0.1, 0.15) is 25.3 Å². The average Bonchev–Trinajstić information content (AvgIpc) is 3.31. The van der Waals surface area contributed by atoms with E-state index < -0.39 is 42.6 Å². The van der Waals surface area contributed by atoms with Crippen molar-refractivity contribution in [3.05, 3.63) is 0 Å². The van der Waals surface area contributed by atoms with Crippen LogP contribution in [0.25, 0.3) is 0 Å². The predicted molar refractivity (Wildman–Crippen MR) is 256 cm³/mol. The van der Waals surface area contributed by atoms with Crippen molar-refractivity contribution in [2.45, 2.75) is 153 Å². The first kappa shape index (κ1) is 64.6. The zero-order valence-electron chi connectivity index (χ0n) is 40.9. The SMILES string of the molecule is NCNC(CCCCNC(=O)COCCOCCNC(=O)COCCOCCNC(=O)CCC(NC(=O)CCCCCCCCCCCCCCCCC(=O)O)C(=O)O)C(=O)CN[C@H](CO)C(N)=O. The van der Waals surface area contributed by atoms with Crippen LogP contribution in [0.15, 0.2) is 0 Å². The summed E-state index contributed by atoms with van der Waals surface area (Å²) in [7, 11) is 0. The first-order valence-electron chi connectivity index (χ1n) is 24.7. The molecule has 0 heterocycles. The van der Waals surface area contributed by atoms with Gasteiger partial charge in [-0.2, -0.15) is 0 Å². The van der Waals surface area contributed by atoms with Crippen molar-refractivity contribution < 1.29 is 72.6 Å². The van der Waals surface area contributed by atoms with Gasteiger partial charge in [-0.1, -0.05) is 77.0 Å². The van der Waals surface area contributed by atoms with E-state index in [1.807, 2.05) is 0 Å². The Bertz CT molecular complexity index is 1410. The van der Waals surface area contributed by atoms with Crippen molar-refractivity contribution in [2.75, 3.05) is 92.3 Å². The smallest absolute Gasteiger partial charge is 0.326 e. The third-order valence-corrected chi connectivity index (χ3v) is 10.7. The lowest BCUT2D eigenvalue weighted by atomic mass is 10.0. The average molecular weight is 991 g/mol. The highest BCUT2D eigenvalue weighted by atomic mass is 16.5. The van der Waals surface area contributed by atoms with Crippen molar-refractivity contribution >= 4 is 47.3 Å². The van der Waals surface area contributed by atoms with Crippen LogP contribution in [0.2, 0.25) is 0 Å². The molecule has 400 valence electrons. The molecule has 13 N–H and O–H groups in total. The number of carbonyl (C=O) groups is 8. The number of amides is 5. The van der Waals surface area contributed by atoms with E-state index in [4.69, 9.17) is 40.6 Å².